The molecule has 2 amide bonds. The first-order valence-corrected chi connectivity index (χ1v) is 12.4. The zero-order chi connectivity index (χ0) is 28.6. The number of halogens is 6. The van der Waals surface area contributed by atoms with Crippen LogP contribution >= 0.6 is 0 Å². The minimum absolute atomic E-state index is 0.108. The summed E-state index contributed by atoms with van der Waals surface area (Å²) < 4.78 is 104. The molecule has 1 unspecified atom stereocenters. The van der Waals surface area contributed by atoms with E-state index in [-0.39, 0.29) is 28.1 Å². The van der Waals surface area contributed by atoms with Crippen LogP contribution in [-0.4, -0.2) is 38.3 Å². The number of hydrogen-bond donors (Lipinski definition) is 0. The fourth-order valence-electron chi connectivity index (χ4n) is 4.01. The van der Waals surface area contributed by atoms with E-state index in [0.717, 1.165) is 34.1 Å². The Labute approximate surface area is 213 Å². The van der Waals surface area contributed by atoms with E-state index >= 15 is 0 Å². The van der Waals surface area contributed by atoms with Crippen molar-refractivity contribution < 1.29 is 39.6 Å². The van der Waals surface area contributed by atoms with Crippen molar-refractivity contribution in [3.05, 3.63) is 70.4 Å². The lowest BCUT2D eigenvalue weighted by molar-refractivity contribution is -0.137. The van der Waals surface area contributed by atoms with Crippen LogP contribution in [0.15, 0.2) is 58.6 Å². The van der Waals surface area contributed by atoms with Crippen molar-refractivity contribution in [3.8, 4) is 12.1 Å². The summed E-state index contributed by atoms with van der Waals surface area (Å²) in [6, 6.07) is 8.16. The first-order chi connectivity index (χ1) is 17.5. The van der Waals surface area contributed by atoms with Gasteiger partial charge in [-0.3, -0.25) is 4.90 Å². The van der Waals surface area contributed by atoms with Gasteiger partial charge in [0, 0.05) is 12.7 Å². The molecule has 14 heteroatoms. The van der Waals surface area contributed by atoms with Crippen LogP contribution in [0.25, 0.3) is 0 Å². The Morgan fingerprint density at radius 1 is 1.00 bits per heavy atom. The van der Waals surface area contributed by atoms with Crippen LogP contribution < -0.4 is 4.90 Å². The second-order valence-electron chi connectivity index (χ2n) is 8.34. The van der Waals surface area contributed by atoms with Crippen molar-refractivity contribution in [2.45, 2.75) is 36.6 Å². The van der Waals surface area contributed by atoms with Gasteiger partial charge >= 0.3 is 18.4 Å². The van der Waals surface area contributed by atoms with E-state index in [4.69, 9.17) is 0 Å². The number of anilines is 1. The Morgan fingerprint density at radius 3 is 2.21 bits per heavy atom. The largest absolute Gasteiger partial charge is 0.416 e. The van der Waals surface area contributed by atoms with Crippen molar-refractivity contribution in [2.75, 3.05) is 17.7 Å². The number of sulfone groups is 1. The Bertz CT molecular complexity index is 1500. The van der Waals surface area contributed by atoms with Gasteiger partial charge in [0.25, 0.3) is 0 Å². The second kappa shape index (κ2) is 10.0. The molecule has 38 heavy (non-hydrogen) atoms. The molecule has 3 rings (SSSR count). The Hall–Kier alpha value is -4.04. The normalized spacial score (nSPS) is 16.9. The van der Waals surface area contributed by atoms with Gasteiger partial charge in [-0.1, -0.05) is 12.1 Å². The van der Waals surface area contributed by atoms with Crippen molar-refractivity contribution in [2.24, 2.45) is 0 Å². The number of nitriles is 2. The number of amides is 2. The minimum Gasteiger partial charge on any atom is -0.315 e. The number of carbonyl (C=O) groups is 1. The molecule has 1 heterocycles. The van der Waals surface area contributed by atoms with Gasteiger partial charge < -0.3 is 4.90 Å². The summed E-state index contributed by atoms with van der Waals surface area (Å²) >= 11 is 0. The van der Waals surface area contributed by atoms with Crippen LogP contribution in [0.4, 0.5) is 36.8 Å². The molecule has 0 saturated carbocycles. The highest BCUT2D eigenvalue weighted by Crippen LogP contribution is 2.42. The molecule has 0 aliphatic carbocycles. The van der Waals surface area contributed by atoms with Crippen LogP contribution in [0.3, 0.4) is 0 Å². The number of alkyl halides is 6. The highest BCUT2D eigenvalue weighted by molar-refractivity contribution is 7.91. The number of likely N-dealkylation sites (N-methyl/N-ethyl adjacent to an activating group) is 1. The predicted octanol–water partition coefficient (Wildman–Crippen LogP) is 5.71. The Balaban J connectivity index is 2.22. The molecule has 7 nitrogen and oxygen atoms in total. The smallest absolute Gasteiger partial charge is 0.315 e. The van der Waals surface area contributed by atoms with E-state index in [1.165, 1.54) is 26.1 Å². The second-order valence-corrected chi connectivity index (χ2v) is 10.4. The summed E-state index contributed by atoms with van der Waals surface area (Å²) in [7, 11) is -3.50. The highest BCUT2D eigenvalue weighted by Gasteiger charge is 2.41. The lowest BCUT2D eigenvalue weighted by atomic mass is 9.93. The molecule has 0 radical (unpaired) electrons. The fraction of sp³-hybridized carbons (Fsp3) is 0.292. The maximum Gasteiger partial charge on any atom is 0.416 e. The summed E-state index contributed by atoms with van der Waals surface area (Å²) in [5, 5.41) is 19.2. The maximum absolute atomic E-state index is 13.4. The summed E-state index contributed by atoms with van der Waals surface area (Å²) in [4.78, 5) is 14.4. The van der Waals surface area contributed by atoms with E-state index < -0.39 is 56.9 Å². The van der Waals surface area contributed by atoms with Crippen LogP contribution in [0, 0.1) is 22.7 Å². The molecule has 0 bridgehead atoms. The molecule has 200 valence electrons. The van der Waals surface area contributed by atoms with Gasteiger partial charge in [0.15, 0.2) is 9.84 Å². The van der Waals surface area contributed by atoms with E-state index in [2.05, 4.69) is 0 Å². The lowest BCUT2D eigenvalue weighted by Gasteiger charge is -2.40. The van der Waals surface area contributed by atoms with E-state index in [1.807, 2.05) is 6.07 Å². The third-order valence-electron chi connectivity index (χ3n) is 5.86. The molecule has 1 aliphatic heterocycles. The lowest BCUT2D eigenvalue weighted by Crippen LogP contribution is -2.47. The van der Waals surface area contributed by atoms with Crippen molar-refractivity contribution in [1.82, 2.24) is 4.90 Å². The predicted molar refractivity (Wildman–Crippen MR) is 122 cm³/mol. The molecule has 0 fully saturated rings. The summed E-state index contributed by atoms with van der Waals surface area (Å²) in [6.45, 7) is 1.28. The number of hydrogen-bond acceptors (Lipinski definition) is 5. The SMILES string of the molecule is CC1=C(C#N)C(c2ccc(C#N)cc2S(=O)(=O)CCC(F)(F)F)N(C)C(=O)N1c1cccc(C(F)(F)F)c1. The maximum atomic E-state index is 13.4. The average Bonchev–Trinajstić information content (AvgIpc) is 2.84. The molecule has 2 aromatic carbocycles. The first kappa shape index (κ1) is 28.5. The summed E-state index contributed by atoms with van der Waals surface area (Å²) in [6.07, 6.45) is -11.2. The molecular formula is C24H18F6N4O3S. The van der Waals surface area contributed by atoms with Crippen LogP contribution in [0.5, 0.6) is 0 Å². The number of nitrogens with zero attached hydrogens (tertiary/aromatic N) is 4. The highest BCUT2D eigenvalue weighted by atomic mass is 32.2. The number of rotatable bonds is 5. The third-order valence-corrected chi connectivity index (χ3v) is 7.62. The molecule has 0 aromatic heterocycles. The topological polar surface area (TPSA) is 105 Å². The van der Waals surface area contributed by atoms with Crippen LogP contribution in [0.2, 0.25) is 0 Å². The van der Waals surface area contributed by atoms with Gasteiger partial charge in [-0.2, -0.15) is 36.9 Å². The van der Waals surface area contributed by atoms with Crippen LogP contribution in [-0.2, 0) is 16.0 Å². The fourth-order valence-corrected chi connectivity index (χ4v) is 5.58. The molecule has 0 N–H and O–H groups in total. The van der Waals surface area contributed by atoms with Gasteiger partial charge in [-0.05, 0) is 42.8 Å². The first-order valence-electron chi connectivity index (χ1n) is 10.7. The zero-order valence-electron chi connectivity index (χ0n) is 19.7. The number of benzene rings is 2. The van der Waals surface area contributed by atoms with Gasteiger partial charge in [-0.25, -0.2) is 13.2 Å². The molecule has 1 aliphatic rings. The van der Waals surface area contributed by atoms with Gasteiger partial charge in [0.05, 0.1) is 57.6 Å². The van der Waals surface area contributed by atoms with E-state index in [9.17, 15) is 50.1 Å². The van der Waals surface area contributed by atoms with Gasteiger partial charge in [0.2, 0.25) is 0 Å². The minimum atomic E-state index is -4.79. The average molecular weight is 556 g/mol. The zero-order valence-corrected chi connectivity index (χ0v) is 20.5. The third kappa shape index (κ3) is 5.60. The van der Waals surface area contributed by atoms with Gasteiger partial charge in [-0.15, -0.1) is 0 Å². The molecular weight excluding hydrogens is 538 g/mol. The van der Waals surface area contributed by atoms with Gasteiger partial charge in [0.1, 0.15) is 0 Å². The molecule has 0 saturated heterocycles. The number of carbonyl (C=O) groups excluding carboxylic acids is 1. The molecule has 0 spiro atoms. The number of allylic oxidation sites excluding steroid dienone is 1. The van der Waals surface area contributed by atoms with Crippen LogP contribution in [0.1, 0.15) is 36.1 Å². The van der Waals surface area contributed by atoms with Crippen molar-refractivity contribution in [1.29, 1.82) is 10.5 Å². The standard InChI is InChI=1S/C24H18F6N4O3S/c1-14-19(13-32)21(33(2)22(35)34(14)17-5-3-4-16(11-17)24(28,29)30)18-7-6-15(12-31)10-20(18)38(36,37)9-8-23(25,26)27/h3-7,10-11,21H,8-9H2,1-2H3. The number of urea groups is 1. The van der Waals surface area contributed by atoms with Crippen molar-refractivity contribution in [3.63, 3.8) is 0 Å². The summed E-state index contributed by atoms with van der Waals surface area (Å²) in [5.74, 6) is -1.34. The Kier molecular flexibility index (Phi) is 7.52. The van der Waals surface area contributed by atoms with E-state index in [0.29, 0.717) is 6.07 Å². The quantitative estimate of drug-likeness (QED) is 0.439. The van der Waals surface area contributed by atoms with E-state index in [1.54, 1.807) is 6.07 Å². The molecule has 2 aromatic rings. The summed E-state index contributed by atoms with van der Waals surface area (Å²) in [5.41, 5.74) is -2.03. The monoisotopic (exact) mass is 556 g/mol. The van der Waals surface area contributed by atoms with Crippen molar-refractivity contribution >= 4 is 21.6 Å². The Morgan fingerprint density at radius 2 is 1.66 bits per heavy atom. The molecule has 1 atom stereocenters.